The number of aryl methyl sites for hydroxylation is 1. The van der Waals surface area contributed by atoms with Crippen molar-refractivity contribution in [3.63, 3.8) is 0 Å². The van der Waals surface area contributed by atoms with Gasteiger partial charge in [0.25, 0.3) is 0 Å². The summed E-state index contributed by atoms with van der Waals surface area (Å²) in [6, 6.07) is 5.92. The zero-order valence-electron chi connectivity index (χ0n) is 9.86. The van der Waals surface area contributed by atoms with Gasteiger partial charge in [-0.25, -0.2) is 9.78 Å². The number of anilines is 1. The van der Waals surface area contributed by atoms with Crippen molar-refractivity contribution in [2.45, 2.75) is 6.92 Å². The summed E-state index contributed by atoms with van der Waals surface area (Å²) in [7, 11) is 1.31. The van der Waals surface area contributed by atoms with Crippen molar-refractivity contribution in [2.75, 3.05) is 12.8 Å². The molecule has 1 aromatic carbocycles. The highest BCUT2D eigenvalue weighted by molar-refractivity contribution is 9.10. The smallest absolute Gasteiger partial charge is 0.359 e. The summed E-state index contributed by atoms with van der Waals surface area (Å²) in [4.78, 5) is 15.7. The molecule has 4 nitrogen and oxygen atoms in total. The summed E-state index contributed by atoms with van der Waals surface area (Å²) < 4.78 is 5.55. The topological polar surface area (TPSA) is 65.2 Å². The van der Waals surface area contributed by atoms with E-state index in [1.807, 2.05) is 25.1 Å². The molecule has 0 fully saturated rings. The summed E-state index contributed by atoms with van der Waals surface area (Å²) in [5.41, 5.74) is 8.00. The second kappa shape index (κ2) is 5.07. The van der Waals surface area contributed by atoms with E-state index < -0.39 is 5.97 Å². The number of methoxy groups -OCH3 is 1. The molecule has 94 valence electrons. The van der Waals surface area contributed by atoms with Gasteiger partial charge in [0.2, 0.25) is 0 Å². The minimum absolute atomic E-state index is 0.171. The van der Waals surface area contributed by atoms with E-state index >= 15 is 0 Å². The molecule has 0 atom stereocenters. The molecule has 0 aliphatic rings. The van der Waals surface area contributed by atoms with Gasteiger partial charge in [-0.1, -0.05) is 39.4 Å². The third-order valence-electron chi connectivity index (χ3n) is 2.39. The number of carbonyl (C=O) groups is 1. The third kappa shape index (κ3) is 2.39. The lowest BCUT2D eigenvalue weighted by atomic mass is 10.2. The maximum atomic E-state index is 11.4. The number of carbonyl (C=O) groups excluding carboxylic acids is 1. The van der Waals surface area contributed by atoms with E-state index in [1.54, 1.807) is 0 Å². The number of halogens is 1. The first-order valence-corrected chi connectivity index (χ1v) is 6.75. The predicted molar refractivity (Wildman–Crippen MR) is 75.7 cm³/mol. The molecule has 1 heterocycles. The van der Waals surface area contributed by atoms with Crippen LogP contribution < -0.4 is 5.73 Å². The Morgan fingerprint density at radius 3 is 2.83 bits per heavy atom. The number of nitrogens with two attached hydrogens (primary N) is 1. The van der Waals surface area contributed by atoms with Crippen LogP contribution in [0.15, 0.2) is 22.7 Å². The highest BCUT2D eigenvalue weighted by atomic mass is 79.9. The van der Waals surface area contributed by atoms with Crippen LogP contribution in [0, 0.1) is 6.92 Å². The lowest BCUT2D eigenvalue weighted by Gasteiger charge is -2.01. The maximum Gasteiger partial charge on any atom is 0.359 e. The van der Waals surface area contributed by atoms with E-state index in [0.29, 0.717) is 10.0 Å². The molecule has 0 aliphatic carbocycles. The van der Waals surface area contributed by atoms with Crippen LogP contribution in [0.5, 0.6) is 0 Å². The zero-order chi connectivity index (χ0) is 13.3. The Bertz CT molecular complexity index is 610. The molecule has 0 radical (unpaired) electrons. The van der Waals surface area contributed by atoms with Gasteiger partial charge in [-0.05, 0) is 18.6 Å². The molecule has 0 spiro atoms. The van der Waals surface area contributed by atoms with Crippen LogP contribution >= 0.6 is 27.3 Å². The van der Waals surface area contributed by atoms with E-state index in [4.69, 9.17) is 5.73 Å². The summed E-state index contributed by atoms with van der Waals surface area (Å²) in [6.45, 7) is 2.00. The summed E-state index contributed by atoms with van der Waals surface area (Å²) in [6.07, 6.45) is 0. The highest BCUT2D eigenvalue weighted by Crippen LogP contribution is 2.35. The number of benzene rings is 1. The second-order valence-electron chi connectivity index (χ2n) is 3.71. The van der Waals surface area contributed by atoms with Crippen LogP contribution in [-0.2, 0) is 4.74 Å². The van der Waals surface area contributed by atoms with Gasteiger partial charge in [-0.15, -0.1) is 0 Å². The van der Waals surface area contributed by atoms with Gasteiger partial charge in [0.15, 0.2) is 5.69 Å². The van der Waals surface area contributed by atoms with Gasteiger partial charge in [0.1, 0.15) is 10.0 Å². The number of hydrogen-bond acceptors (Lipinski definition) is 5. The number of rotatable bonds is 2. The fourth-order valence-electron chi connectivity index (χ4n) is 1.48. The van der Waals surface area contributed by atoms with E-state index in [-0.39, 0.29) is 5.69 Å². The van der Waals surface area contributed by atoms with Gasteiger partial charge >= 0.3 is 5.97 Å². The standard InChI is InChI=1S/C12H11BrN2O2S/c1-6-3-4-7(8(13)5-6)11-15-9(10(14)18-11)12(16)17-2/h3-5H,14H2,1-2H3. The molecule has 2 rings (SSSR count). The SMILES string of the molecule is COC(=O)c1nc(-c2ccc(C)cc2Br)sc1N. The number of nitrogens with zero attached hydrogens (tertiary/aromatic N) is 1. The van der Waals surface area contributed by atoms with E-state index in [0.717, 1.165) is 15.6 Å². The fraction of sp³-hybridized carbons (Fsp3) is 0.167. The Hall–Kier alpha value is -1.40. The summed E-state index contributed by atoms with van der Waals surface area (Å²) in [5.74, 6) is -0.516. The molecular formula is C12H11BrN2O2S. The van der Waals surface area contributed by atoms with Crippen molar-refractivity contribution in [3.05, 3.63) is 33.9 Å². The average Bonchev–Trinajstić information content (AvgIpc) is 2.70. The van der Waals surface area contributed by atoms with E-state index in [9.17, 15) is 4.79 Å². The first-order valence-electron chi connectivity index (χ1n) is 5.14. The van der Waals surface area contributed by atoms with Gasteiger partial charge in [0, 0.05) is 10.0 Å². The van der Waals surface area contributed by atoms with Crippen LogP contribution in [0.4, 0.5) is 5.00 Å². The van der Waals surface area contributed by atoms with Gasteiger partial charge in [-0.3, -0.25) is 0 Å². The summed E-state index contributed by atoms with van der Waals surface area (Å²) in [5, 5.41) is 1.06. The lowest BCUT2D eigenvalue weighted by molar-refractivity contribution is 0.0596. The van der Waals surface area contributed by atoms with Crippen LogP contribution in [0.25, 0.3) is 10.6 Å². The number of aromatic nitrogens is 1. The molecule has 2 N–H and O–H groups in total. The minimum atomic E-state index is -0.516. The van der Waals surface area contributed by atoms with Crippen LogP contribution in [0.1, 0.15) is 16.1 Å². The molecule has 6 heteroatoms. The lowest BCUT2D eigenvalue weighted by Crippen LogP contribution is -2.04. The van der Waals surface area contributed by atoms with E-state index in [2.05, 4.69) is 25.7 Å². The first kappa shape index (κ1) is 13.0. The third-order valence-corrected chi connectivity index (χ3v) is 3.96. The molecule has 0 bridgehead atoms. The molecular weight excluding hydrogens is 316 g/mol. The zero-order valence-corrected chi connectivity index (χ0v) is 12.3. The van der Waals surface area contributed by atoms with Crippen LogP contribution in [-0.4, -0.2) is 18.1 Å². The molecule has 0 unspecified atom stereocenters. The van der Waals surface area contributed by atoms with Crippen molar-refractivity contribution < 1.29 is 9.53 Å². The van der Waals surface area contributed by atoms with Crippen molar-refractivity contribution in [3.8, 4) is 10.6 Å². The molecule has 1 aromatic heterocycles. The average molecular weight is 327 g/mol. The minimum Gasteiger partial charge on any atom is -0.464 e. The molecule has 2 aromatic rings. The molecule has 0 amide bonds. The highest BCUT2D eigenvalue weighted by Gasteiger charge is 2.18. The molecule has 18 heavy (non-hydrogen) atoms. The van der Waals surface area contributed by atoms with Crippen molar-refractivity contribution in [1.82, 2.24) is 4.98 Å². The Labute approximate surface area is 117 Å². The Morgan fingerprint density at radius 1 is 1.50 bits per heavy atom. The fourth-order valence-corrected chi connectivity index (χ4v) is 3.15. The number of hydrogen-bond donors (Lipinski definition) is 1. The maximum absolute atomic E-state index is 11.4. The van der Waals surface area contributed by atoms with Crippen LogP contribution in [0.2, 0.25) is 0 Å². The van der Waals surface area contributed by atoms with Gasteiger partial charge < -0.3 is 10.5 Å². The molecule has 0 saturated heterocycles. The Kier molecular flexibility index (Phi) is 3.68. The Balaban J connectivity index is 2.49. The van der Waals surface area contributed by atoms with Crippen LogP contribution in [0.3, 0.4) is 0 Å². The number of esters is 1. The Morgan fingerprint density at radius 2 is 2.22 bits per heavy atom. The predicted octanol–water partition coefficient (Wildman–Crippen LogP) is 3.25. The van der Waals surface area contributed by atoms with Crippen molar-refractivity contribution in [2.24, 2.45) is 0 Å². The monoisotopic (exact) mass is 326 g/mol. The molecule has 0 saturated carbocycles. The van der Waals surface area contributed by atoms with Gasteiger partial charge in [-0.2, -0.15) is 0 Å². The summed E-state index contributed by atoms with van der Waals surface area (Å²) >= 11 is 4.75. The van der Waals surface area contributed by atoms with E-state index in [1.165, 1.54) is 18.4 Å². The first-order chi connectivity index (χ1) is 8.52. The number of thiazole rings is 1. The van der Waals surface area contributed by atoms with Crippen molar-refractivity contribution >= 4 is 38.2 Å². The normalized spacial score (nSPS) is 10.4. The number of nitrogen functional groups attached to an aromatic ring is 1. The second-order valence-corrected chi connectivity index (χ2v) is 5.59. The largest absolute Gasteiger partial charge is 0.464 e. The quantitative estimate of drug-likeness (QED) is 0.860. The number of ether oxygens (including phenoxy) is 1. The molecule has 0 aliphatic heterocycles. The van der Waals surface area contributed by atoms with Gasteiger partial charge in [0.05, 0.1) is 7.11 Å². The van der Waals surface area contributed by atoms with Crippen molar-refractivity contribution in [1.29, 1.82) is 0 Å².